The number of aryl methyl sites for hydroxylation is 1. The molecule has 19 heavy (non-hydrogen) atoms. The summed E-state index contributed by atoms with van der Waals surface area (Å²) in [7, 11) is -2.53. The van der Waals surface area contributed by atoms with Crippen LogP contribution in [0.5, 0.6) is 5.75 Å². The lowest BCUT2D eigenvalue weighted by Gasteiger charge is -2.09. The molecule has 1 heterocycles. The highest BCUT2D eigenvalue weighted by Crippen LogP contribution is 2.27. The van der Waals surface area contributed by atoms with Crippen molar-refractivity contribution in [2.45, 2.75) is 11.8 Å². The fraction of sp³-hybridized carbons (Fsp3) is 0.200. The van der Waals surface area contributed by atoms with Gasteiger partial charge in [-0.2, -0.15) is 0 Å². The van der Waals surface area contributed by atoms with Gasteiger partial charge in [0.25, 0.3) is 10.0 Å². The lowest BCUT2D eigenvalue weighted by Crippen LogP contribution is -2.14. The van der Waals surface area contributed by atoms with E-state index < -0.39 is 10.0 Å². The lowest BCUT2D eigenvalue weighted by atomic mass is 10.3. The van der Waals surface area contributed by atoms with E-state index in [0.29, 0.717) is 5.69 Å². The van der Waals surface area contributed by atoms with Crippen molar-refractivity contribution in [3.63, 3.8) is 0 Å². The summed E-state index contributed by atoms with van der Waals surface area (Å²) in [4.78, 5) is -0.0694. The highest BCUT2D eigenvalue weighted by Gasteiger charge is 2.22. The maximum absolute atomic E-state index is 12.1. The second kappa shape index (κ2) is 4.76. The average Bonchev–Trinajstić information content (AvgIpc) is 2.73. The number of methoxy groups -OCH3 is 1. The quantitative estimate of drug-likeness (QED) is 0.795. The monoisotopic (exact) mass is 284 g/mol. The molecule has 1 aromatic carbocycles. The number of hydrogen-bond donors (Lipinski definition) is 2. The molecule has 0 aliphatic rings. The molecule has 2 rings (SSSR count). The minimum atomic E-state index is -3.89. The third kappa shape index (κ3) is 2.76. The van der Waals surface area contributed by atoms with Gasteiger partial charge in [-0.15, -0.1) is 5.10 Å². The number of sulfonamides is 1. The summed E-state index contributed by atoms with van der Waals surface area (Å²) < 4.78 is 36.4. The van der Waals surface area contributed by atoms with Crippen molar-refractivity contribution in [1.82, 2.24) is 10.2 Å². The maximum atomic E-state index is 12.1. The molecule has 0 atom stereocenters. The number of nitrogens with two attached hydrogens (primary N) is 1. The summed E-state index contributed by atoms with van der Waals surface area (Å²) in [5, 5.41) is 7.08. The van der Waals surface area contributed by atoms with Crippen LogP contribution >= 0.6 is 0 Å². The van der Waals surface area contributed by atoms with Crippen LogP contribution in [0.3, 0.4) is 0 Å². The number of benzene rings is 1. The van der Waals surface area contributed by atoms with Crippen molar-refractivity contribution in [3.05, 3.63) is 24.1 Å². The van der Waals surface area contributed by atoms with E-state index in [4.69, 9.17) is 14.9 Å². The van der Waals surface area contributed by atoms with Crippen molar-refractivity contribution in [1.29, 1.82) is 0 Å². The van der Waals surface area contributed by atoms with Gasteiger partial charge in [-0.25, -0.2) is 13.1 Å². The van der Waals surface area contributed by atoms with Gasteiger partial charge in [0.05, 0.1) is 7.11 Å². The van der Waals surface area contributed by atoms with E-state index in [9.17, 15) is 8.42 Å². The van der Waals surface area contributed by atoms with Crippen LogP contribution in [0.2, 0.25) is 0 Å². The Morgan fingerprint density at radius 1 is 1.37 bits per heavy atom. The highest BCUT2D eigenvalue weighted by molar-refractivity contribution is 7.92. The van der Waals surface area contributed by atoms with Crippen LogP contribution in [0.4, 0.5) is 11.7 Å². The lowest BCUT2D eigenvalue weighted by molar-refractivity contribution is 0.403. The molecule has 3 N–H and O–H groups in total. The zero-order chi connectivity index (χ0) is 14.0. The van der Waals surface area contributed by atoms with Crippen LogP contribution in [-0.4, -0.2) is 25.7 Å². The second-order valence-corrected chi connectivity index (χ2v) is 5.29. The van der Waals surface area contributed by atoms with Crippen LogP contribution in [0.15, 0.2) is 27.5 Å². The number of hydrogen-bond acceptors (Lipinski definition) is 7. The zero-order valence-corrected chi connectivity index (χ0v) is 11.1. The standard InChI is InChI=1S/C10H12N4O4S/c1-6-12-13-10(18-6)14-19(15,16)9-4-3-7(11)5-8(9)17-2/h3-5H,11H2,1-2H3,(H,13,14). The average molecular weight is 284 g/mol. The molecule has 0 aliphatic carbocycles. The molecule has 0 unspecified atom stereocenters. The predicted octanol–water partition coefficient (Wildman–Crippen LogP) is 0.770. The van der Waals surface area contributed by atoms with Gasteiger partial charge in [0.1, 0.15) is 10.6 Å². The largest absolute Gasteiger partial charge is 0.495 e. The Balaban J connectivity index is 2.39. The van der Waals surface area contributed by atoms with E-state index in [1.165, 1.54) is 25.3 Å². The number of ether oxygens (including phenoxy) is 1. The Hall–Kier alpha value is -2.29. The fourth-order valence-electron chi connectivity index (χ4n) is 1.41. The van der Waals surface area contributed by atoms with Crippen molar-refractivity contribution in [3.8, 4) is 5.75 Å². The van der Waals surface area contributed by atoms with Gasteiger partial charge in [-0.05, 0) is 12.1 Å². The van der Waals surface area contributed by atoms with Gasteiger partial charge in [-0.3, -0.25) is 0 Å². The van der Waals surface area contributed by atoms with Crippen LogP contribution in [0.1, 0.15) is 5.89 Å². The summed E-state index contributed by atoms with van der Waals surface area (Å²) in [5.41, 5.74) is 5.96. The first-order chi connectivity index (χ1) is 8.92. The van der Waals surface area contributed by atoms with Gasteiger partial charge in [0.15, 0.2) is 0 Å². The summed E-state index contributed by atoms with van der Waals surface area (Å²) in [6.07, 6.45) is 0. The van der Waals surface area contributed by atoms with Crippen molar-refractivity contribution >= 4 is 21.7 Å². The topological polar surface area (TPSA) is 120 Å². The van der Waals surface area contributed by atoms with Crippen LogP contribution in [0.25, 0.3) is 0 Å². The number of nitrogens with zero attached hydrogens (tertiary/aromatic N) is 2. The van der Waals surface area contributed by atoms with E-state index in [-0.39, 0.29) is 22.6 Å². The second-order valence-electron chi connectivity index (χ2n) is 3.64. The van der Waals surface area contributed by atoms with E-state index in [1.54, 1.807) is 6.92 Å². The Kier molecular flexibility index (Phi) is 3.30. The minimum Gasteiger partial charge on any atom is -0.495 e. The molecule has 1 aromatic heterocycles. The molecule has 0 fully saturated rings. The SMILES string of the molecule is COc1cc(N)ccc1S(=O)(=O)Nc1nnc(C)o1. The van der Waals surface area contributed by atoms with Crippen LogP contribution in [0, 0.1) is 6.92 Å². The van der Waals surface area contributed by atoms with E-state index >= 15 is 0 Å². The van der Waals surface area contributed by atoms with E-state index in [1.807, 2.05) is 0 Å². The molecule has 8 nitrogen and oxygen atoms in total. The molecule has 102 valence electrons. The van der Waals surface area contributed by atoms with Crippen LogP contribution in [-0.2, 0) is 10.0 Å². The van der Waals surface area contributed by atoms with Crippen molar-refractivity contribution in [2.75, 3.05) is 17.6 Å². The molecular weight excluding hydrogens is 272 g/mol. The van der Waals surface area contributed by atoms with Crippen molar-refractivity contribution < 1.29 is 17.6 Å². The summed E-state index contributed by atoms with van der Waals surface area (Å²) in [5.74, 6) is 0.380. The van der Waals surface area contributed by atoms with Gasteiger partial charge in [0, 0.05) is 18.7 Å². The third-order valence-corrected chi connectivity index (χ3v) is 3.58. The molecule has 9 heteroatoms. The van der Waals surface area contributed by atoms with Gasteiger partial charge < -0.3 is 14.9 Å². The Morgan fingerprint density at radius 3 is 2.68 bits per heavy atom. The number of anilines is 2. The Labute approximate surface area is 109 Å². The minimum absolute atomic E-state index is 0.0694. The molecule has 0 aliphatic heterocycles. The van der Waals surface area contributed by atoms with Crippen LogP contribution < -0.4 is 15.2 Å². The molecule has 2 aromatic rings. The summed E-state index contributed by atoms with van der Waals surface area (Å²) >= 11 is 0. The molecule has 0 saturated heterocycles. The van der Waals surface area contributed by atoms with E-state index in [2.05, 4.69) is 14.9 Å². The number of aromatic nitrogens is 2. The first-order valence-electron chi connectivity index (χ1n) is 5.19. The summed E-state index contributed by atoms with van der Waals surface area (Å²) in [6.45, 7) is 1.55. The number of nitrogens with one attached hydrogen (secondary N) is 1. The third-order valence-electron chi connectivity index (χ3n) is 2.22. The Bertz CT molecular complexity index is 695. The zero-order valence-electron chi connectivity index (χ0n) is 10.2. The number of rotatable bonds is 4. The molecule has 0 radical (unpaired) electrons. The first kappa shape index (κ1) is 13.1. The van der Waals surface area contributed by atoms with Gasteiger partial charge >= 0.3 is 6.01 Å². The molecule has 0 amide bonds. The summed E-state index contributed by atoms with van der Waals surface area (Å²) in [6, 6.07) is 3.99. The Morgan fingerprint density at radius 2 is 2.11 bits per heavy atom. The smallest absolute Gasteiger partial charge is 0.329 e. The molecule has 0 saturated carbocycles. The highest BCUT2D eigenvalue weighted by atomic mass is 32.2. The normalized spacial score (nSPS) is 11.3. The molecular formula is C10H12N4O4S. The molecule has 0 spiro atoms. The van der Waals surface area contributed by atoms with E-state index in [0.717, 1.165) is 0 Å². The van der Waals surface area contributed by atoms with Gasteiger partial charge in [-0.1, -0.05) is 5.10 Å². The first-order valence-corrected chi connectivity index (χ1v) is 6.67. The maximum Gasteiger partial charge on any atom is 0.329 e. The van der Waals surface area contributed by atoms with Gasteiger partial charge in [0.2, 0.25) is 5.89 Å². The van der Waals surface area contributed by atoms with Crippen molar-refractivity contribution in [2.24, 2.45) is 0 Å². The number of nitrogen functional groups attached to an aromatic ring is 1. The fourth-order valence-corrected chi connectivity index (χ4v) is 2.49. The predicted molar refractivity (Wildman–Crippen MR) is 67.2 cm³/mol. The molecule has 0 bridgehead atoms.